The van der Waals surface area contributed by atoms with Gasteiger partial charge in [0.1, 0.15) is 11.5 Å². The Kier molecular flexibility index (Phi) is 7.58. The summed E-state index contributed by atoms with van der Waals surface area (Å²) in [4.78, 5) is 41.3. The predicted molar refractivity (Wildman–Crippen MR) is 124 cm³/mol. The lowest BCUT2D eigenvalue weighted by atomic mass is 9.87. The first kappa shape index (κ1) is 24.1. The number of nitrogens with one attached hydrogen (secondary N) is 1. The van der Waals surface area contributed by atoms with Crippen molar-refractivity contribution in [3.63, 3.8) is 0 Å². The summed E-state index contributed by atoms with van der Waals surface area (Å²) in [7, 11) is 0. The highest BCUT2D eigenvalue weighted by Gasteiger charge is 2.28. The van der Waals surface area contributed by atoms with Crippen LogP contribution in [0.5, 0.6) is 0 Å². The van der Waals surface area contributed by atoms with Gasteiger partial charge in [0.25, 0.3) is 11.8 Å². The average Bonchev–Trinajstić information content (AvgIpc) is 3.31. The molecular weight excluding hydrogens is 422 g/mol. The molecule has 1 aromatic heterocycles. The molecule has 8 heteroatoms. The van der Waals surface area contributed by atoms with Gasteiger partial charge < -0.3 is 24.3 Å². The van der Waals surface area contributed by atoms with Gasteiger partial charge in [0.15, 0.2) is 0 Å². The molecule has 1 fully saturated rings. The number of carbonyl (C=O) groups excluding carboxylic acids is 3. The number of hydrogen-bond donors (Lipinski definition) is 1. The Bertz CT molecular complexity index is 996. The second-order valence-electron chi connectivity index (χ2n) is 8.83. The van der Waals surface area contributed by atoms with Crippen molar-refractivity contribution in [3.8, 4) is 0 Å². The lowest BCUT2D eigenvalue weighted by molar-refractivity contribution is -0.128. The number of carbonyl (C=O) groups is 3. The summed E-state index contributed by atoms with van der Waals surface area (Å²) < 4.78 is 10.4. The molecule has 0 atom stereocenters. The molecule has 0 radical (unpaired) electrons. The summed E-state index contributed by atoms with van der Waals surface area (Å²) in [6.07, 6.45) is 2.63. The Morgan fingerprint density at radius 3 is 2.21 bits per heavy atom. The molecule has 0 spiro atoms. The third-order valence-corrected chi connectivity index (χ3v) is 5.41. The van der Waals surface area contributed by atoms with E-state index < -0.39 is 0 Å². The Hall–Kier alpha value is -3.55. The van der Waals surface area contributed by atoms with Crippen LogP contribution in [-0.4, -0.2) is 60.5 Å². The molecule has 3 rings (SSSR count). The summed E-state index contributed by atoms with van der Waals surface area (Å²) in [6, 6.07) is 10.8. The standard InChI is InChI=1S/C25H31N3O5/c1-5-32-24(31)28-14-12-27(13-15-28)23(30)21(17-20-7-6-16-33-20)26-22(29)18-8-10-19(11-9-18)25(2,3)4/h6-11,16-17H,5,12-15H2,1-4H3,(H,26,29)/b21-17+. The zero-order valence-electron chi connectivity index (χ0n) is 19.6. The summed E-state index contributed by atoms with van der Waals surface area (Å²) in [6.45, 7) is 9.76. The quantitative estimate of drug-likeness (QED) is 0.698. The van der Waals surface area contributed by atoms with Gasteiger partial charge in [-0.1, -0.05) is 32.9 Å². The van der Waals surface area contributed by atoms with E-state index in [0.29, 0.717) is 44.1 Å². The zero-order chi connectivity index (χ0) is 24.0. The van der Waals surface area contributed by atoms with Crippen LogP contribution in [0.2, 0.25) is 0 Å². The fraction of sp³-hybridized carbons (Fsp3) is 0.400. The SMILES string of the molecule is CCOC(=O)N1CCN(C(=O)/C(=C\c2ccco2)NC(=O)c2ccc(C(C)(C)C)cc2)CC1. The molecule has 3 amide bonds. The smallest absolute Gasteiger partial charge is 0.409 e. The van der Waals surface area contributed by atoms with Gasteiger partial charge in [-0.15, -0.1) is 0 Å². The van der Waals surface area contributed by atoms with Gasteiger partial charge in [-0.2, -0.15) is 0 Å². The number of ether oxygens (including phenoxy) is 1. The Morgan fingerprint density at radius 1 is 1.03 bits per heavy atom. The summed E-state index contributed by atoms with van der Waals surface area (Å²) in [5.74, 6) is -0.270. The molecular formula is C25H31N3O5. The van der Waals surface area contributed by atoms with Crippen molar-refractivity contribution in [1.82, 2.24) is 15.1 Å². The summed E-state index contributed by atoms with van der Waals surface area (Å²) >= 11 is 0. The lowest BCUT2D eigenvalue weighted by Gasteiger charge is -2.34. The number of amides is 3. The molecule has 0 aliphatic carbocycles. The first-order valence-corrected chi connectivity index (χ1v) is 11.1. The predicted octanol–water partition coefficient (Wildman–Crippen LogP) is 3.65. The van der Waals surface area contributed by atoms with Crippen molar-refractivity contribution in [1.29, 1.82) is 0 Å². The van der Waals surface area contributed by atoms with E-state index in [4.69, 9.17) is 9.15 Å². The first-order valence-electron chi connectivity index (χ1n) is 11.1. The molecule has 33 heavy (non-hydrogen) atoms. The van der Waals surface area contributed by atoms with E-state index in [9.17, 15) is 14.4 Å². The molecule has 0 unspecified atom stereocenters. The Balaban J connectivity index is 1.74. The monoisotopic (exact) mass is 453 g/mol. The maximum atomic E-state index is 13.2. The van der Waals surface area contributed by atoms with Crippen molar-refractivity contribution in [3.05, 3.63) is 65.2 Å². The number of hydrogen-bond acceptors (Lipinski definition) is 5. The second kappa shape index (κ2) is 10.4. The van der Waals surface area contributed by atoms with E-state index in [2.05, 4.69) is 26.1 Å². The van der Waals surface area contributed by atoms with Crippen LogP contribution in [0.3, 0.4) is 0 Å². The van der Waals surface area contributed by atoms with E-state index in [1.165, 1.54) is 12.3 Å². The summed E-state index contributed by atoms with van der Waals surface area (Å²) in [5.41, 5.74) is 1.65. The maximum Gasteiger partial charge on any atom is 0.409 e. The number of nitrogens with zero attached hydrogens (tertiary/aromatic N) is 2. The molecule has 1 aliphatic rings. The average molecular weight is 454 g/mol. The molecule has 0 bridgehead atoms. The number of benzene rings is 1. The molecule has 1 aromatic carbocycles. The third kappa shape index (κ3) is 6.25. The van der Waals surface area contributed by atoms with Crippen LogP contribution in [0.25, 0.3) is 6.08 Å². The van der Waals surface area contributed by atoms with Gasteiger partial charge >= 0.3 is 6.09 Å². The normalized spacial score (nSPS) is 14.7. The minimum atomic E-state index is -0.386. The molecule has 2 aromatic rings. The molecule has 1 saturated heterocycles. The highest BCUT2D eigenvalue weighted by atomic mass is 16.6. The van der Waals surface area contributed by atoms with E-state index in [0.717, 1.165) is 5.56 Å². The van der Waals surface area contributed by atoms with E-state index in [1.807, 2.05) is 12.1 Å². The van der Waals surface area contributed by atoms with Crippen LogP contribution in [-0.2, 0) is 14.9 Å². The largest absolute Gasteiger partial charge is 0.465 e. The number of furan rings is 1. The van der Waals surface area contributed by atoms with Crippen LogP contribution in [0, 0.1) is 0 Å². The van der Waals surface area contributed by atoms with Crippen molar-refractivity contribution in [2.75, 3.05) is 32.8 Å². The van der Waals surface area contributed by atoms with E-state index >= 15 is 0 Å². The fourth-order valence-electron chi connectivity index (χ4n) is 3.46. The number of rotatable bonds is 5. The molecule has 176 valence electrons. The molecule has 8 nitrogen and oxygen atoms in total. The highest BCUT2D eigenvalue weighted by molar-refractivity contribution is 6.05. The van der Waals surface area contributed by atoms with Gasteiger partial charge in [-0.25, -0.2) is 4.79 Å². The zero-order valence-corrected chi connectivity index (χ0v) is 19.6. The third-order valence-electron chi connectivity index (χ3n) is 5.41. The topological polar surface area (TPSA) is 92.1 Å². The van der Waals surface area contributed by atoms with Crippen molar-refractivity contribution >= 4 is 24.0 Å². The minimum absolute atomic E-state index is 0.0268. The van der Waals surface area contributed by atoms with Crippen molar-refractivity contribution in [2.45, 2.75) is 33.1 Å². The highest BCUT2D eigenvalue weighted by Crippen LogP contribution is 2.22. The van der Waals surface area contributed by atoms with Gasteiger partial charge in [0.2, 0.25) is 0 Å². The lowest BCUT2D eigenvalue weighted by Crippen LogP contribution is -2.52. The summed E-state index contributed by atoms with van der Waals surface area (Å²) in [5, 5.41) is 2.75. The number of piperazine rings is 1. The second-order valence-corrected chi connectivity index (χ2v) is 8.83. The van der Waals surface area contributed by atoms with Crippen LogP contribution < -0.4 is 5.32 Å². The Morgan fingerprint density at radius 2 is 1.67 bits per heavy atom. The van der Waals surface area contributed by atoms with Crippen LogP contribution >= 0.6 is 0 Å². The van der Waals surface area contributed by atoms with Crippen LogP contribution in [0.15, 0.2) is 52.8 Å². The van der Waals surface area contributed by atoms with Crippen molar-refractivity contribution in [2.24, 2.45) is 0 Å². The Labute approximate surface area is 194 Å². The molecule has 1 N–H and O–H groups in total. The van der Waals surface area contributed by atoms with E-state index in [1.54, 1.807) is 41.0 Å². The molecule has 1 aliphatic heterocycles. The van der Waals surface area contributed by atoms with E-state index in [-0.39, 0.29) is 29.0 Å². The van der Waals surface area contributed by atoms with Gasteiger partial charge in [-0.3, -0.25) is 9.59 Å². The van der Waals surface area contributed by atoms with Gasteiger partial charge in [0, 0.05) is 37.8 Å². The van der Waals surface area contributed by atoms with Gasteiger partial charge in [0.05, 0.1) is 12.9 Å². The maximum absolute atomic E-state index is 13.2. The first-order chi connectivity index (χ1) is 15.7. The minimum Gasteiger partial charge on any atom is -0.465 e. The molecule has 2 heterocycles. The van der Waals surface area contributed by atoms with Crippen LogP contribution in [0.4, 0.5) is 4.79 Å². The molecule has 0 saturated carbocycles. The van der Waals surface area contributed by atoms with Gasteiger partial charge in [-0.05, 0) is 42.2 Å². The van der Waals surface area contributed by atoms with Crippen LogP contribution in [0.1, 0.15) is 49.4 Å². The van der Waals surface area contributed by atoms with Crippen molar-refractivity contribution < 1.29 is 23.5 Å². The fourth-order valence-corrected chi connectivity index (χ4v) is 3.46.